The summed E-state index contributed by atoms with van der Waals surface area (Å²) in [4.78, 5) is 16.7. The summed E-state index contributed by atoms with van der Waals surface area (Å²) in [5, 5.41) is 6.33. The highest BCUT2D eigenvalue weighted by molar-refractivity contribution is 7.22. The summed E-state index contributed by atoms with van der Waals surface area (Å²) < 4.78 is 1.08. The Balaban J connectivity index is 1.77. The number of benzene rings is 2. The van der Waals surface area contributed by atoms with Crippen LogP contribution in [-0.2, 0) is 6.42 Å². The quantitative estimate of drug-likeness (QED) is 0.702. The first-order chi connectivity index (χ1) is 11.1. The first-order valence-electron chi connectivity index (χ1n) is 7.60. The lowest BCUT2D eigenvalue weighted by atomic mass is 10.1. The molecule has 2 aromatic carbocycles. The lowest BCUT2D eigenvalue weighted by Gasteiger charge is -2.09. The van der Waals surface area contributed by atoms with E-state index in [1.807, 2.05) is 24.3 Å². The van der Waals surface area contributed by atoms with E-state index in [4.69, 9.17) is 0 Å². The minimum absolute atomic E-state index is 0.265. The van der Waals surface area contributed by atoms with E-state index in [1.54, 1.807) is 0 Å². The van der Waals surface area contributed by atoms with Crippen molar-refractivity contribution in [3.05, 3.63) is 53.1 Å². The molecular formula is C18H19N3OS. The number of carbonyl (C=O) groups excluding carboxylic acids is 1. The maximum absolute atomic E-state index is 12.2. The van der Waals surface area contributed by atoms with Gasteiger partial charge >= 0.3 is 6.03 Å². The molecule has 0 aliphatic rings. The van der Waals surface area contributed by atoms with Gasteiger partial charge in [-0.2, -0.15) is 0 Å². The molecule has 23 heavy (non-hydrogen) atoms. The summed E-state index contributed by atoms with van der Waals surface area (Å²) in [6.45, 7) is 6.21. The average molecular weight is 325 g/mol. The molecule has 0 unspecified atom stereocenters. The molecule has 4 nitrogen and oxygen atoms in total. The van der Waals surface area contributed by atoms with Crippen LogP contribution in [0.25, 0.3) is 10.2 Å². The average Bonchev–Trinajstić information content (AvgIpc) is 2.89. The van der Waals surface area contributed by atoms with Gasteiger partial charge in [0.25, 0.3) is 0 Å². The highest BCUT2D eigenvalue weighted by Gasteiger charge is 2.10. The molecule has 2 N–H and O–H groups in total. The van der Waals surface area contributed by atoms with Crippen LogP contribution >= 0.6 is 11.3 Å². The van der Waals surface area contributed by atoms with Crippen LogP contribution < -0.4 is 10.6 Å². The van der Waals surface area contributed by atoms with Gasteiger partial charge in [-0.3, -0.25) is 5.32 Å². The van der Waals surface area contributed by atoms with Gasteiger partial charge in [0, 0.05) is 5.69 Å². The molecule has 1 heterocycles. The lowest BCUT2D eigenvalue weighted by molar-refractivity contribution is 0.262. The van der Waals surface area contributed by atoms with E-state index in [9.17, 15) is 4.79 Å². The Labute approximate surface area is 139 Å². The van der Waals surface area contributed by atoms with E-state index in [2.05, 4.69) is 48.5 Å². The smallest absolute Gasteiger partial charge is 0.307 e. The fourth-order valence-electron chi connectivity index (χ4n) is 2.43. The van der Waals surface area contributed by atoms with Crippen molar-refractivity contribution in [2.24, 2.45) is 0 Å². The van der Waals surface area contributed by atoms with E-state index in [-0.39, 0.29) is 6.03 Å². The van der Waals surface area contributed by atoms with Crippen LogP contribution in [-0.4, -0.2) is 11.0 Å². The lowest BCUT2D eigenvalue weighted by Crippen LogP contribution is -2.20. The highest BCUT2D eigenvalue weighted by atomic mass is 32.1. The van der Waals surface area contributed by atoms with Crippen LogP contribution in [0, 0.1) is 13.8 Å². The fourth-order valence-corrected chi connectivity index (χ4v) is 3.38. The summed E-state index contributed by atoms with van der Waals surface area (Å²) in [5.74, 6) is 0. The van der Waals surface area contributed by atoms with Crippen LogP contribution in [0.3, 0.4) is 0 Å². The minimum atomic E-state index is -0.265. The molecule has 0 aliphatic heterocycles. The second kappa shape index (κ2) is 6.38. The number of hydrogen-bond donors (Lipinski definition) is 2. The number of para-hydroxylation sites is 1. The van der Waals surface area contributed by atoms with Gasteiger partial charge in [0.05, 0.1) is 10.2 Å². The summed E-state index contributed by atoms with van der Waals surface area (Å²) >= 11 is 1.49. The number of rotatable bonds is 3. The topological polar surface area (TPSA) is 54.0 Å². The Morgan fingerprint density at radius 1 is 1.13 bits per heavy atom. The molecule has 3 rings (SSSR count). The molecule has 0 radical (unpaired) electrons. The van der Waals surface area contributed by atoms with Crippen molar-refractivity contribution in [3.63, 3.8) is 0 Å². The van der Waals surface area contributed by atoms with Crippen LogP contribution in [0.15, 0.2) is 36.4 Å². The minimum Gasteiger partial charge on any atom is -0.307 e. The Morgan fingerprint density at radius 3 is 2.65 bits per heavy atom. The number of nitrogens with one attached hydrogen (secondary N) is 2. The fraction of sp³-hybridized carbons (Fsp3) is 0.222. The monoisotopic (exact) mass is 325 g/mol. The van der Waals surface area contributed by atoms with Gasteiger partial charge in [0.1, 0.15) is 0 Å². The molecule has 118 valence electrons. The van der Waals surface area contributed by atoms with Crippen molar-refractivity contribution in [2.75, 3.05) is 10.6 Å². The van der Waals surface area contributed by atoms with Crippen molar-refractivity contribution < 1.29 is 4.79 Å². The Bertz CT molecular complexity index is 831. The van der Waals surface area contributed by atoms with Gasteiger partial charge in [0.2, 0.25) is 0 Å². The Morgan fingerprint density at radius 2 is 1.87 bits per heavy atom. The van der Waals surface area contributed by atoms with E-state index >= 15 is 0 Å². The number of carbonyl (C=O) groups is 1. The predicted molar refractivity (Wildman–Crippen MR) is 97.6 cm³/mol. The molecule has 0 bridgehead atoms. The van der Waals surface area contributed by atoms with Gasteiger partial charge in [-0.15, -0.1) is 0 Å². The normalized spacial score (nSPS) is 10.7. The van der Waals surface area contributed by atoms with Crippen molar-refractivity contribution in [1.82, 2.24) is 4.98 Å². The summed E-state index contributed by atoms with van der Waals surface area (Å²) in [7, 11) is 0. The third kappa shape index (κ3) is 3.35. The van der Waals surface area contributed by atoms with Crippen LogP contribution in [0.2, 0.25) is 0 Å². The summed E-state index contributed by atoms with van der Waals surface area (Å²) in [5.41, 5.74) is 5.30. The summed E-state index contributed by atoms with van der Waals surface area (Å²) in [6, 6.07) is 11.7. The molecule has 2 amide bonds. The number of fused-ring (bicyclic) bond motifs is 1. The van der Waals surface area contributed by atoms with Gasteiger partial charge in [0.15, 0.2) is 5.13 Å². The zero-order valence-corrected chi connectivity index (χ0v) is 14.3. The van der Waals surface area contributed by atoms with Crippen molar-refractivity contribution in [3.8, 4) is 0 Å². The zero-order valence-electron chi connectivity index (χ0n) is 13.4. The van der Waals surface area contributed by atoms with Gasteiger partial charge in [-0.1, -0.05) is 36.5 Å². The number of thiazole rings is 1. The number of aryl methyl sites for hydroxylation is 3. The second-order valence-electron chi connectivity index (χ2n) is 5.51. The largest absolute Gasteiger partial charge is 0.325 e. The molecule has 0 saturated heterocycles. The maximum Gasteiger partial charge on any atom is 0.325 e. The standard InChI is InChI=1S/C18H19N3OS/c1-4-13-7-5-6-8-14(13)19-17(22)21-18-20-15-9-11(2)12(3)10-16(15)23-18/h5-10H,4H2,1-3H3,(H2,19,20,21,22). The molecule has 0 aliphatic carbocycles. The third-order valence-corrected chi connectivity index (χ3v) is 4.80. The Hall–Kier alpha value is -2.40. The zero-order chi connectivity index (χ0) is 16.4. The number of amides is 2. The van der Waals surface area contributed by atoms with E-state index in [0.717, 1.165) is 27.9 Å². The first-order valence-corrected chi connectivity index (χ1v) is 8.42. The molecule has 0 spiro atoms. The van der Waals surface area contributed by atoms with Crippen molar-refractivity contribution in [2.45, 2.75) is 27.2 Å². The molecule has 0 fully saturated rings. The number of anilines is 2. The molecule has 0 atom stereocenters. The number of hydrogen-bond acceptors (Lipinski definition) is 3. The molecule has 0 saturated carbocycles. The van der Waals surface area contributed by atoms with Gasteiger partial charge in [-0.25, -0.2) is 9.78 Å². The van der Waals surface area contributed by atoms with Crippen LogP contribution in [0.5, 0.6) is 0 Å². The van der Waals surface area contributed by atoms with Crippen molar-refractivity contribution in [1.29, 1.82) is 0 Å². The number of urea groups is 1. The molecular weight excluding hydrogens is 306 g/mol. The molecule has 1 aromatic heterocycles. The second-order valence-corrected chi connectivity index (χ2v) is 6.54. The molecule has 3 aromatic rings. The SMILES string of the molecule is CCc1ccccc1NC(=O)Nc1nc2cc(C)c(C)cc2s1. The highest BCUT2D eigenvalue weighted by Crippen LogP contribution is 2.28. The Kier molecular flexibility index (Phi) is 4.30. The van der Waals surface area contributed by atoms with Crippen LogP contribution in [0.1, 0.15) is 23.6 Å². The van der Waals surface area contributed by atoms with Crippen molar-refractivity contribution >= 4 is 38.4 Å². The number of aromatic nitrogens is 1. The predicted octanol–water partition coefficient (Wildman–Crippen LogP) is 5.12. The van der Waals surface area contributed by atoms with Crippen LogP contribution in [0.4, 0.5) is 15.6 Å². The maximum atomic E-state index is 12.2. The van der Waals surface area contributed by atoms with E-state index in [0.29, 0.717) is 5.13 Å². The third-order valence-electron chi connectivity index (χ3n) is 3.87. The molecule has 5 heteroatoms. The van der Waals surface area contributed by atoms with Gasteiger partial charge in [-0.05, 0) is 55.2 Å². The number of nitrogens with zero attached hydrogens (tertiary/aromatic N) is 1. The first kappa shape index (κ1) is 15.5. The van der Waals surface area contributed by atoms with E-state index in [1.165, 1.54) is 22.5 Å². The van der Waals surface area contributed by atoms with E-state index < -0.39 is 0 Å². The summed E-state index contributed by atoms with van der Waals surface area (Å²) in [6.07, 6.45) is 0.871. The van der Waals surface area contributed by atoms with Gasteiger partial charge < -0.3 is 5.32 Å².